The van der Waals surface area contributed by atoms with E-state index in [4.69, 9.17) is 0 Å². The van der Waals surface area contributed by atoms with Crippen LogP contribution in [0.5, 0.6) is 0 Å². The lowest BCUT2D eigenvalue weighted by Crippen LogP contribution is -2.48. The quantitative estimate of drug-likeness (QED) is 0.850. The van der Waals surface area contributed by atoms with Gasteiger partial charge >= 0.3 is 0 Å². The van der Waals surface area contributed by atoms with Crippen LogP contribution in [-0.2, 0) is 10.0 Å². The van der Waals surface area contributed by atoms with Crippen molar-refractivity contribution < 1.29 is 17.6 Å². The van der Waals surface area contributed by atoms with E-state index in [9.17, 15) is 17.6 Å². The lowest BCUT2D eigenvalue weighted by molar-refractivity contribution is 0.0643. The average molecular weight is 391 g/mol. The van der Waals surface area contributed by atoms with Gasteiger partial charge in [0.1, 0.15) is 5.82 Å². The number of rotatable bonds is 5. The van der Waals surface area contributed by atoms with Crippen LogP contribution in [0.4, 0.5) is 10.1 Å². The third-order valence-electron chi connectivity index (χ3n) is 4.57. The topological polar surface area (TPSA) is 69.7 Å². The molecule has 0 saturated carbocycles. The maximum absolute atomic E-state index is 13.3. The van der Waals surface area contributed by atoms with Crippen LogP contribution in [0.3, 0.4) is 0 Å². The molecule has 1 fully saturated rings. The summed E-state index contributed by atoms with van der Waals surface area (Å²) in [5.74, 6) is -0.723. The first kappa shape index (κ1) is 19.3. The number of nitrogens with zero attached hydrogens (tertiary/aromatic N) is 2. The second kappa shape index (κ2) is 8.06. The molecule has 0 atom stereocenters. The van der Waals surface area contributed by atoms with Crippen LogP contribution in [0.1, 0.15) is 17.3 Å². The van der Waals surface area contributed by atoms with Gasteiger partial charge in [-0.15, -0.1) is 0 Å². The third-order valence-corrected chi connectivity index (χ3v) is 5.95. The number of sulfonamides is 1. The van der Waals surface area contributed by atoms with Gasteiger partial charge in [0.05, 0.1) is 10.6 Å². The molecule has 2 aromatic rings. The first-order valence-electron chi connectivity index (χ1n) is 8.79. The maximum atomic E-state index is 13.3. The number of nitrogens with one attached hydrogen (secondary N) is 1. The number of amides is 1. The van der Waals surface area contributed by atoms with Crippen molar-refractivity contribution in [3.8, 4) is 0 Å². The summed E-state index contributed by atoms with van der Waals surface area (Å²) in [6.07, 6.45) is 0. The summed E-state index contributed by atoms with van der Waals surface area (Å²) in [5.41, 5.74) is 0.449. The number of carbonyl (C=O) groups excluding carboxylic acids is 1. The highest BCUT2D eigenvalue weighted by molar-refractivity contribution is 7.92. The minimum Gasteiger partial charge on any atom is -0.336 e. The van der Waals surface area contributed by atoms with Gasteiger partial charge in [0.2, 0.25) is 0 Å². The van der Waals surface area contributed by atoms with Crippen molar-refractivity contribution in [2.45, 2.75) is 11.8 Å². The van der Waals surface area contributed by atoms with Gasteiger partial charge in [-0.1, -0.05) is 19.1 Å². The maximum Gasteiger partial charge on any atom is 0.261 e. The largest absolute Gasteiger partial charge is 0.336 e. The zero-order valence-electron chi connectivity index (χ0n) is 15.1. The van der Waals surface area contributed by atoms with Crippen LogP contribution in [0.15, 0.2) is 53.4 Å². The fourth-order valence-corrected chi connectivity index (χ4v) is 4.11. The van der Waals surface area contributed by atoms with Crippen molar-refractivity contribution in [2.75, 3.05) is 37.4 Å². The summed E-state index contributed by atoms with van der Waals surface area (Å²) < 4.78 is 40.8. The molecule has 1 aliphatic rings. The molecule has 2 aromatic carbocycles. The fourth-order valence-electron chi connectivity index (χ4n) is 3.01. The second-order valence-electron chi connectivity index (χ2n) is 6.37. The normalized spacial score (nSPS) is 15.6. The van der Waals surface area contributed by atoms with E-state index in [1.54, 1.807) is 11.0 Å². The van der Waals surface area contributed by atoms with E-state index < -0.39 is 15.8 Å². The number of hydrogen-bond acceptors (Lipinski definition) is 4. The molecule has 1 aliphatic heterocycles. The van der Waals surface area contributed by atoms with Gasteiger partial charge in [-0.2, -0.15) is 0 Å². The van der Waals surface area contributed by atoms with Gasteiger partial charge in [0.15, 0.2) is 0 Å². The molecular formula is C19H22FN3O3S. The van der Waals surface area contributed by atoms with Crippen LogP contribution < -0.4 is 4.72 Å². The molecule has 27 heavy (non-hydrogen) atoms. The minimum atomic E-state index is -3.93. The van der Waals surface area contributed by atoms with Gasteiger partial charge in [-0.05, 0) is 42.9 Å². The Morgan fingerprint density at radius 3 is 2.44 bits per heavy atom. The van der Waals surface area contributed by atoms with Gasteiger partial charge < -0.3 is 9.80 Å². The van der Waals surface area contributed by atoms with Crippen molar-refractivity contribution in [3.63, 3.8) is 0 Å². The molecule has 144 valence electrons. The Morgan fingerprint density at radius 2 is 1.78 bits per heavy atom. The Balaban J connectivity index is 1.77. The fraction of sp³-hybridized carbons (Fsp3) is 0.316. The summed E-state index contributed by atoms with van der Waals surface area (Å²) >= 11 is 0. The van der Waals surface area contributed by atoms with E-state index in [1.807, 2.05) is 0 Å². The molecule has 0 bridgehead atoms. The van der Waals surface area contributed by atoms with Gasteiger partial charge in [-0.25, -0.2) is 12.8 Å². The molecule has 0 spiro atoms. The van der Waals surface area contributed by atoms with Crippen molar-refractivity contribution in [1.82, 2.24) is 9.80 Å². The Hall–Kier alpha value is -2.45. The average Bonchev–Trinajstić information content (AvgIpc) is 2.67. The molecule has 1 amide bonds. The lowest BCUT2D eigenvalue weighted by Gasteiger charge is -2.34. The number of anilines is 1. The van der Waals surface area contributed by atoms with Crippen LogP contribution in [-0.4, -0.2) is 56.8 Å². The Bertz CT molecular complexity index is 925. The minimum absolute atomic E-state index is 0.0372. The number of benzene rings is 2. The third kappa shape index (κ3) is 4.64. The van der Waals surface area contributed by atoms with Crippen molar-refractivity contribution in [1.29, 1.82) is 0 Å². The highest BCUT2D eigenvalue weighted by atomic mass is 32.2. The van der Waals surface area contributed by atoms with Gasteiger partial charge in [0, 0.05) is 31.7 Å². The molecule has 0 radical (unpaired) electrons. The molecule has 3 rings (SSSR count). The highest BCUT2D eigenvalue weighted by Crippen LogP contribution is 2.19. The van der Waals surface area contributed by atoms with Crippen molar-refractivity contribution in [3.05, 3.63) is 59.9 Å². The monoisotopic (exact) mass is 391 g/mol. The summed E-state index contributed by atoms with van der Waals surface area (Å²) in [4.78, 5) is 16.7. The van der Waals surface area contributed by atoms with E-state index in [-0.39, 0.29) is 16.5 Å². The predicted molar refractivity (Wildman–Crippen MR) is 102 cm³/mol. The summed E-state index contributed by atoms with van der Waals surface area (Å²) in [6, 6.07) is 11.1. The van der Waals surface area contributed by atoms with Crippen LogP contribution in [0.25, 0.3) is 0 Å². The molecule has 6 nitrogen and oxygen atoms in total. The van der Waals surface area contributed by atoms with Crippen molar-refractivity contribution in [2.24, 2.45) is 0 Å². The Kier molecular flexibility index (Phi) is 5.76. The zero-order chi connectivity index (χ0) is 19.4. The van der Waals surface area contributed by atoms with Crippen LogP contribution in [0.2, 0.25) is 0 Å². The molecule has 1 N–H and O–H groups in total. The van der Waals surface area contributed by atoms with E-state index in [2.05, 4.69) is 16.5 Å². The van der Waals surface area contributed by atoms with Crippen LogP contribution >= 0.6 is 0 Å². The zero-order valence-corrected chi connectivity index (χ0v) is 15.9. The van der Waals surface area contributed by atoms with E-state index in [0.29, 0.717) is 18.7 Å². The second-order valence-corrected chi connectivity index (χ2v) is 8.05. The Labute approximate surface area is 158 Å². The predicted octanol–water partition coefficient (Wildman–Crippen LogP) is 2.40. The number of hydrogen-bond donors (Lipinski definition) is 1. The van der Waals surface area contributed by atoms with E-state index in [1.165, 1.54) is 36.4 Å². The molecule has 0 aliphatic carbocycles. The number of likely N-dealkylation sites (N-methyl/N-ethyl adjacent to an activating group) is 1. The Morgan fingerprint density at radius 1 is 1.07 bits per heavy atom. The first-order chi connectivity index (χ1) is 12.9. The smallest absolute Gasteiger partial charge is 0.261 e. The van der Waals surface area contributed by atoms with E-state index in [0.717, 1.165) is 25.7 Å². The molecule has 8 heteroatoms. The molecular weight excluding hydrogens is 369 g/mol. The number of carbonyl (C=O) groups is 1. The summed E-state index contributed by atoms with van der Waals surface area (Å²) in [6.45, 7) is 5.87. The lowest BCUT2D eigenvalue weighted by atomic mass is 10.2. The first-order valence-corrected chi connectivity index (χ1v) is 10.3. The van der Waals surface area contributed by atoms with Crippen LogP contribution in [0, 0.1) is 5.82 Å². The standard InChI is InChI=1S/C19H22FN3O3S/c1-2-22-9-11-23(12-10-22)19(24)15-5-3-8-18(13-15)27(25,26)21-17-7-4-6-16(20)14-17/h3-8,13-14,21H,2,9-12H2,1H3. The number of halogens is 1. The van der Waals surface area contributed by atoms with Gasteiger partial charge in [0.25, 0.3) is 15.9 Å². The SMILES string of the molecule is CCN1CCN(C(=O)c2cccc(S(=O)(=O)Nc3cccc(F)c3)c2)CC1. The summed E-state index contributed by atoms with van der Waals surface area (Å²) in [5, 5.41) is 0. The van der Waals surface area contributed by atoms with Crippen molar-refractivity contribution >= 4 is 21.6 Å². The molecule has 1 saturated heterocycles. The highest BCUT2D eigenvalue weighted by Gasteiger charge is 2.23. The van der Waals surface area contributed by atoms with E-state index >= 15 is 0 Å². The molecule has 0 unspecified atom stereocenters. The molecule has 1 heterocycles. The van der Waals surface area contributed by atoms with Gasteiger partial charge in [-0.3, -0.25) is 9.52 Å². The number of piperazine rings is 1. The molecule has 0 aromatic heterocycles. The summed E-state index contributed by atoms with van der Waals surface area (Å²) in [7, 11) is -3.93.